The third-order valence-electron chi connectivity index (χ3n) is 5.32. The molecule has 9 nitrogen and oxygen atoms in total. The third kappa shape index (κ3) is 4.41. The van der Waals surface area contributed by atoms with Gasteiger partial charge in [-0.25, -0.2) is 4.57 Å². The molecule has 1 aliphatic rings. The van der Waals surface area contributed by atoms with Crippen molar-refractivity contribution in [3.05, 3.63) is 57.2 Å². The maximum atomic E-state index is 13.1. The Bertz CT molecular complexity index is 1340. The summed E-state index contributed by atoms with van der Waals surface area (Å²) in [7, 11) is -3.36. The van der Waals surface area contributed by atoms with Crippen LogP contribution in [0, 0.1) is 0 Å². The Balaban J connectivity index is 2.06. The van der Waals surface area contributed by atoms with Gasteiger partial charge in [0.15, 0.2) is 5.43 Å². The van der Waals surface area contributed by atoms with Crippen LogP contribution in [0.5, 0.6) is 11.5 Å². The number of phosphoric ester groups is 1. The minimum absolute atomic E-state index is 0.0281. The molecule has 1 fully saturated rings. The van der Waals surface area contributed by atoms with Crippen LogP contribution in [0.3, 0.4) is 0 Å². The third-order valence-corrected chi connectivity index (χ3v) is 6.09. The Morgan fingerprint density at radius 2 is 2.03 bits per heavy atom. The molecule has 2 aromatic carbocycles. The van der Waals surface area contributed by atoms with E-state index in [0.29, 0.717) is 12.1 Å². The Hall–Kier alpha value is -2.39. The molecule has 0 radical (unpaired) electrons. The number of benzene rings is 2. The lowest BCUT2D eigenvalue weighted by Crippen LogP contribution is -2.40. The number of rotatable bonds is 4. The first-order chi connectivity index (χ1) is 15.4. The van der Waals surface area contributed by atoms with Crippen LogP contribution in [0.25, 0.3) is 22.3 Å². The number of nitrogens with zero attached hydrogens (tertiary/aromatic N) is 1. The lowest BCUT2D eigenvalue weighted by atomic mass is 9.85. The second-order valence-corrected chi connectivity index (χ2v) is 9.19. The van der Waals surface area contributed by atoms with Gasteiger partial charge in [-0.3, -0.25) is 14.6 Å². The number of fused-ring (bicyclic) bond motifs is 1. The maximum absolute atomic E-state index is 13.1. The molecule has 3 aromatic rings. The molecule has 11 heteroatoms. The summed E-state index contributed by atoms with van der Waals surface area (Å²) in [4.78, 5) is 33.5. The molecular weight excluding hydrogens is 461 g/mol. The molecule has 1 aromatic heterocycles. The average molecular weight is 483 g/mol. The molecule has 0 amide bonds. The topological polar surface area (TPSA) is 141 Å². The molecule has 0 saturated carbocycles. The van der Waals surface area contributed by atoms with Gasteiger partial charge < -0.3 is 24.1 Å². The van der Waals surface area contributed by atoms with Gasteiger partial charge in [0, 0.05) is 35.7 Å². The fourth-order valence-corrected chi connectivity index (χ4v) is 4.56. The van der Waals surface area contributed by atoms with E-state index in [2.05, 4.69) is 4.52 Å². The van der Waals surface area contributed by atoms with Gasteiger partial charge >= 0.3 is 7.82 Å². The normalized spacial score (nSPS) is 22.7. The second-order valence-electron chi connectivity index (χ2n) is 7.62. The molecule has 2 heterocycles. The van der Waals surface area contributed by atoms with Gasteiger partial charge in [-0.1, -0.05) is 23.7 Å². The highest BCUT2D eigenvalue weighted by atomic mass is 35.5. The van der Waals surface area contributed by atoms with Crippen molar-refractivity contribution in [2.45, 2.75) is 18.4 Å². The molecule has 2 atom stereocenters. The van der Waals surface area contributed by atoms with Crippen molar-refractivity contribution >= 4 is 30.4 Å². The number of aliphatic hydroxyl groups is 1. The van der Waals surface area contributed by atoms with Crippen LogP contribution in [-0.4, -0.2) is 51.1 Å². The van der Waals surface area contributed by atoms with E-state index in [9.17, 15) is 29.4 Å². The Kier molecular flexibility index (Phi) is 5.71. The molecule has 0 bridgehead atoms. The van der Waals surface area contributed by atoms with Gasteiger partial charge in [0.05, 0.1) is 12.5 Å². The summed E-state index contributed by atoms with van der Waals surface area (Å²) >= 11 is 6.25. The van der Waals surface area contributed by atoms with Crippen molar-refractivity contribution in [1.29, 1.82) is 0 Å². The van der Waals surface area contributed by atoms with Crippen molar-refractivity contribution in [1.82, 2.24) is 4.90 Å². The van der Waals surface area contributed by atoms with Gasteiger partial charge in [-0.2, -0.15) is 0 Å². The van der Waals surface area contributed by atoms with E-state index in [1.165, 1.54) is 0 Å². The van der Waals surface area contributed by atoms with Crippen molar-refractivity contribution < 1.29 is 34.9 Å². The van der Waals surface area contributed by atoms with E-state index in [1.54, 1.807) is 36.2 Å². The van der Waals surface area contributed by atoms with E-state index in [-0.39, 0.29) is 40.3 Å². The highest BCUT2D eigenvalue weighted by Gasteiger charge is 2.34. The molecule has 1 saturated heterocycles. The lowest BCUT2D eigenvalue weighted by Gasteiger charge is -2.34. The van der Waals surface area contributed by atoms with Crippen LogP contribution in [0.2, 0.25) is 5.02 Å². The smallest absolute Gasteiger partial charge is 0.507 e. The summed E-state index contributed by atoms with van der Waals surface area (Å²) in [5.74, 6) is -2.05. The number of hydrogen-bond donors (Lipinski definition) is 4. The van der Waals surface area contributed by atoms with Crippen molar-refractivity contribution in [2.75, 3.05) is 20.1 Å². The number of aromatic hydroxyl groups is 1. The predicted molar refractivity (Wildman–Crippen MR) is 118 cm³/mol. The Morgan fingerprint density at radius 1 is 1.31 bits per heavy atom. The average Bonchev–Trinajstić information content (AvgIpc) is 2.67. The van der Waals surface area contributed by atoms with Gasteiger partial charge in [0.25, 0.3) is 0 Å². The quantitative estimate of drug-likeness (QED) is 0.413. The molecule has 2 unspecified atom stereocenters. The van der Waals surface area contributed by atoms with Crippen LogP contribution >= 0.6 is 19.4 Å². The molecule has 32 heavy (non-hydrogen) atoms. The van der Waals surface area contributed by atoms with Crippen LogP contribution in [-0.2, 0) is 4.57 Å². The minimum atomic E-state index is -5.10. The van der Waals surface area contributed by atoms with Crippen molar-refractivity contribution in [3.8, 4) is 22.8 Å². The number of phenolic OH excluding ortho intramolecular Hbond substituents is 1. The molecule has 170 valence electrons. The van der Waals surface area contributed by atoms with E-state index in [4.69, 9.17) is 17.4 Å². The number of piperidine rings is 1. The SMILES string of the molecule is [2H]C1(O)CN(C)CCC1c1c(O)cc(OP(=O)(O)O)c2c(=O)cc(-c3ccccc3Cl)oc12. The summed E-state index contributed by atoms with van der Waals surface area (Å²) in [5.41, 5.74) is -0.618. The van der Waals surface area contributed by atoms with Gasteiger partial charge in [0.2, 0.25) is 0 Å². The Labute approximate surface area is 189 Å². The van der Waals surface area contributed by atoms with E-state index in [0.717, 1.165) is 12.1 Å². The van der Waals surface area contributed by atoms with Crippen molar-refractivity contribution in [2.24, 2.45) is 0 Å². The first-order valence-corrected chi connectivity index (χ1v) is 11.5. The molecule has 0 aliphatic carbocycles. The standard InChI is InChI=1S/C21H21ClNO8P/c1-23-7-6-12(16(26)10-23)19-14(24)9-18(31-32(27,28)29)20-15(25)8-17(30-21(19)20)11-4-2-3-5-13(11)22/h2-5,8-9,12,16,24,26H,6-7,10H2,1H3,(H2,27,28,29)/i16D. The number of likely N-dealkylation sites (N-methyl/N-ethyl adjacent to an activating group) is 1. The summed E-state index contributed by atoms with van der Waals surface area (Å²) < 4.78 is 30.5. The second kappa shape index (κ2) is 8.51. The number of hydrogen-bond acceptors (Lipinski definition) is 7. The van der Waals surface area contributed by atoms with Crippen LogP contribution < -0.4 is 9.95 Å². The zero-order chi connectivity index (χ0) is 24.1. The highest BCUT2D eigenvalue weighted by molar-refractivity contribution is 7.46. The van der Waals surface area contributed by atoms with Crippen LogP contribution in [0.1, 0.15) is 19.3 Å². The summed E-state index contributed by atoms with van der Waals surface area (Å²) in [5, 5.41) is 21.6. The van der Waals surface area contributed by atoms with E-state index in [1.807, 2.05) is 0 Å². The molecular formula is C21H21ClNO8P. The fourth-order valence-electron chi connectivity index (χ4n) is 3.93. The molecule has 1 aliphatic heterocycles. The summed E-state index contributed by atoms with van der Waals surface area (Å²) in [6, 6.07) is 8.55. The number of β-amino-alcohol motifs (C(OH)–C–C–N with tert-alkyl or cyclic N) is 1. The highest BCUT2D eigenvalue weighted by Crippen LogP contribution is 2.47. The van der Waals surface area contributed by atoms with E-state index >= 15 is 0 Å². The zero-order valence-corrected chi connectivity index (χ0v) is 18.5. The monoisotopic (exact) mass is 482 g/mol. The van der Waals surface area contributed by atoms with E-state index < -0.39 is 36.7 Å². The lowest BCUT2D eigenvalue weighted by molar-refractivity contribution is 0.0630. The van der Waals surface area contributed by atoms with Gasteiger partial charge in [-0.15, -0.1) is 0 Å². The van der Waals surface area contributed by atoms with Crippen molar-refractivity contribution in [3.63, 3.8) is 0 Å². The predicted octanol–water partition coefficient (Wildman–Crippen LogP) is 3.07. The summed E-state index contributed by atoms with van der Waals surface area (Å²) in [6.07, 6.45) is -1.79. The first-order valence-electron chi connectivity index (χ1n) is 10.1. The fraction of sp³-hybridized carbons (Fsp3) is 0.286. The zero-order valence-electron chi connectivity index (χ0n) is 17.9. The largest absolute Gasteiger partial charge is 0.524 e. The molecule has 0 spiro atoms. The van der Waals surface area contributed by atoms with Crippen LogP contribution in [0.4, 0.5) is 0 Å². The van der Waals surface area contributed by atoms with Crippen LogP contribution in [0.15, 0.2) is 45.6 Å². The number of likely N-dealkylation sites (tertiary alicyclic amines) is 1. The first kappa shape index (κ1) is 21.5. The van der Waals surface area contributed by atoms with Gasteiger partial charge in [-0.05, 0) is 32.1 Å². The molecule has 4 rings (SSSR count). The summed E-state index contributed by atoms with van der Waals surface area (Å²) in [6.45, 7) is 0.454. The maximum Gasteiger partial charge on any atom is 0.524 e. The number of phosphoric acid groups is 1. The minimum Gasteiger partial charge on any atom is -0.507 e. The molecule has 4 N–H and O–H groups in total. The number of halogens is 1. The Morgan fingerprint density at radius 3 is 2.69 bits per heavy atom. The number of phenols is 1. The van der Waals surface area contributed by atoms with Gasteiger partial charge in [0.1, 0.15) is 28.2 Å².